The van der Waals surface area contributed by atoms with Gasteiger partial charge in [-0.1, -0.05) is 96.9 Å². The highest BCUT2D eigenvalue weighted by molar-refractivity contribution is 5.79. The van der Waals surface area contributed by atoms with Crippen LogP contribution in [0.2, 0.25) is 0 Å². The molecule has 2 heterocycles. The fourth-order valence-corrected chi connectivity index (χ4v) is 7.71. The van der Waals surface area contributed by atoms with E-state index in [1.165, 1.54) is 51.4 Å². The lowest BCUT2D eigenvalue weighted by atomic mass is 9.85. The topological polar surface area (TPSA) is 65.4 Å². The Labute approximate surface area is 313 Å². The molecule has 0 saturated heterocycles. The van der Waals surface area contributed by atoms with Crippen LogP contribution >= 0.6 is 0 Å². The van der Waals surface area contributed by atoms with Gasteiger partial charge in [0.2, 0.25) is 17.8 Å². The smallest absolute Gasteiger partial charge is 0.378 e. The number of carbonyl (C=O) groups is 1. The molecule has 5 heteroatoms. The van der Waals surface area contributed by atoms with Crippen LogP contribution < -0.4 is 19.8 Å². The number of pyridine rings is 1. The van der Waals surface area contributed by atoms with Gasteiger partial charge in [0.15, 0.2) is 0 Å². The standard InChI is InChI=1S/C47H62N2O3/c1-33(2)13-10-14-34(3)15-11-16-35(4)17-12-29-47(7)30-28-40-31-44(36(5)37(6)46(40)52-47)51-45(50)32-49-42(26-22-38-20-24-41(48)25-21-38)27-23-39-18-8-9-19-43(39)49/h8-9,18-27,31,33-35,48H,10-17,28-30,32H2,1-7H3/p+1. The van der Waals surface area contributed by atoms with Crippen LogP contribution in [0.4, 0.5) is 5.69 Å². The minimum atomic E-state index is -0.304. The summed E-state index contributed by atoms with van der Waals surface area (Å²) in [7, 11) is 0. The summed E-state index contributed by atoms with van der Waals surface area (Å²) < 4.78 is 15.0. The maximum absolute atomic E-state index is 13.6. The zero-order valence-electron chi connectivity index (χ0n) is 33.0. The monoisotopic (exact) mass is 703 g/mol. The zero-order chi connectivity index (χ0) is 37.3. The molecule has 0 fully saturated rings. The number of benzene rings is 3. The van der Waals surface area contributed by atoms with Crippen LogP contribution in [-0.2, 0) is 17.8 Å². The predicted octanol–water partition coefficient (Wildman–Crippen LogP) is 11.6. The maximum Gasteiger partial charge on any atom is 0.378 e. The van der Waals surface area contributed by atoms with Crippen molar-refractivity contribution in [1.82, 2.24) is 0 Å². The van der Waals surface area contributed by atoms with Gasteiger partial charge < -0.3 is 15.2 Å². The van der Waals surface area contributed by atoms with Gasteiger partial charge in [-0.05, 0) is 123 Å². The van der Waals surface area contributed by atoms with Gasteiger partial charge in [-0.2, -0.15) is 4.57 Å². The summed E-state index contributed by atoms with van der Waals surface area (Å²) in [5.41, 5.74) is 12.5. The van der Waals surface area contributed by atoms with E-state index in [9.17, 15) is 4.79 Å². The Bertz CT molecular complexity index is 1830. The quantitative estimate of drug-likeness (QED) is 0.0514. The van der Waals surface area contributed by atoms with Gasteiger partial charge in [-0.25, -0.2) is 4.79 Å². The number of aryl methyl sites for hydroxylation is 1. The number of para-hydroxylation sites is 1. The number of nitrogens with zero attached hydrogens (tertiary/aromatic N) is 1. The molecule has 0 aliphatic carbocycles. The van der Waals surface area contributed by atoms with Crippen molar-refractivity contribution in [3.05, 3.63) is 94.7 Å². The van der Waals surface area contributed by atoms with Crippen LogP contribution in [0.5, 0.6) is 11.5 Å². The van der Waals surface area contributed by atoms with Crippen molar-refractivity contribution in [3.63, 3.8) is 0 Å². The fraction of sp³-hybridized carbons (Fsp3) is 0.489. The molecule has 3 aromatic carbocycles. The van der Waals surface area contributed by atoms with E-state index in [4.69, 9.17) is 15.2 Å². The number of anilines is 1. The third-order valence-corrected chi connectivity index (χ3v) is 11.3. The first-order valence-electron chi connectivity index (χ1n) is 19.9. The van der Waals surface area contributed by atoms with Crippen LogP contribution in [0.3, 0.4) is 0 Å². The summed E-state index contributed by atoms with van der Waals surface area (Å²) in [4.78, 5) is 13.6. The molecule has 0 bridgehead atoms. The van der Waals surface area contributed by atoms with Crippen molar-refractivity contribution < 1.29 is 18.8 Å². The van der Waals surface area contributed by atoms with Crippen molar-refractivity contribution in [3.8, 4) is 11.5 Å². The largest absolute Gasteiger partial charge is 0.487 e. The zero-order valence-corrected chi connectivity index (χ0v) is 33.0. The number of fused-ring (bicyclic) bond motifs is 2. The molecule has 278 valence electrons. The highest BCUT2D eigenvalue weighted by Crippen LogP contribution is 2.42. The molecule has 2 N–H and O–H groups in total. The van der Waals surface area contributed by atoms with E-state index < -0.39 is 0 Å². The molecule has 1 aromatic heterocycles. The fourth-order valence-electron chi connectivity index (χ4n) is 7.71. The molecular formula is C47H63N2O3+. The van der Waals surface area contributed by atoms with E-state index in [1.54, 1.807) is 0 Å². The molecular weight excluding hydrogens is 641 g/mol. The van der Waals surface area contributed by atoms with Gasteiger partial charge in [-0.3, -0.25) is 0 Å². The van der Waals surface area contributed by atoms with E-state index in [0.717, 1.165) is 87.3 Å². The maximum atomic E-state index is 13.6. The first kappa shape index (κ1) is 39.1. The van der Waals surface area contributed by atoms with Crippen molar-refractivity contribution in [2.45, 2.75) is 131 Å². The molecule has 0 radical (unpaired) electrons. The average Bonchev–Trinajstić information content (AvgIpc) is 3.11. The van der Waals surface area contributed by atoms with Crippen molar-refractivity contribution in [2.24, 2.45) is 17.8 Å². The number of ether oxygens (including phenoxy) is 2. The van der Waals surface area contributed by atoms with Crippen LogP contribution in [0.25, 0.3) is 23.1 Å². The summed E-state index contributed by atoms with van der Waals surface area (Å²) in [6.07, 6.45) is 17.6. The van der Waals surface area contributed by atoms with Crippen LogP contribution in [0.15, 0.2) is 66.7 Å². The van der Waals surface area contributed by atoms with E-state index >= 15 is 0 Å². The molecule has 0 saturated carbocycles. The first-order valence-corrected chi connectivity index (χ1v) is 19.9. The van der Waals surface area contributed by atoms with E-state index in [1.807, 2.05) is 78.2 Å². The third kappa shape index (κ3) is 10.7. The average molecular weight is 704 g/mol. The lowest BCUT2D eigenvalue weighted by Crippen LogP contribution is -2.43. The third-order valence-electron chi connectivity index (χ3n) is 11.3. The second-order valence-corrected chi connectivity index (χ2v) is 16.4. The summed E-state index contributed by atoms with van der Waals surface area (Å²) >= 11 is 0. The van der Waals surface area contributed by atoms with Gasteiger partial charge in [0.25, 0.3) is 0 Å². The lowest BCUT2D eigenvalue weighted by molar-refractivity contribution is -0.661. The SMILES string of the molecule is Cc1c(OC(=O)C[n+]2c(/C=C/c3ccc(N)cc3)ccc3ccccc32)cc2c(c1C)OC(C)(CCCC(C)CCCC(C)CCCC(C)C)CC2. The van der Waals surface area contributed by atoms with Gasteiger partial charge in [0.05, 0.1) is 0 Å². The number of esters is 1. The van der Waals surface area contributed by atoms with Gasteiger partial charge in [0.1, 0.15) is 17.1 Å². The van der Waals surface area contributed by atoms with Crippen LogP contribution in [0, 0.1) is 31.6 Å². The molecule has 5 rings (SSSR count). The van der Waals surface area contributed by atoms with Crippen molar-refractivity contribution >= 4 is 34.7 Å². The minimum Gasteiger partial charge on any atom is -0.487 e. The molecule has 1 aliphatic rings. The Balaban J connectivity index is 1.18. The van der Waals surface area contributed by atoms with Crippen molar-refractivity contribution in [1.29, 1.82) is 0 Å². The highest BCUT2D eigenvalue weighted by Gasteiger charge is 2.33. The number of nitrogens with two attached hydrogens (primary N) is 1. The van der Waals surface area contributed by atoms with Crippen molar-refractivity contribution in [2.75, 3.05) is 5.73 Å². The van der Waals surface area contributed by atoms with Crippen LogP contribution in [-0.4, -0.2) is 11.6 Å². The second-order valence-electron chi connectivity index (χ2n) is 16.4. The van der Waals surface area contributed by atoms with Crippen LogP contribution in [0.1, 0.15) is 127 Å². The molecule has 0 amide bonds. The molecule has 52 heavy (non-hydrogen) atoms. The highest BCUT2D eigenvalue weighted by atomic mass is 16.5. The molecule has 5 nitrogen and oxygen atoms in total. The Morgan fingerprint density at radius 2 is 1.54 bits per heavy atom. The number of hydrogen-bond acceptors (Lipinski definition) is 4. The lowest BCUT2D eigenvalue weighted by Gasteiger charge is -2.37. The number of hydrogen-bond donors (Lipinski definition) is 1. The number of rotatable bonds is 17. The number of carbonyl (C=O) groups excluding carboxylic acids is 1. The Morgan fingerprint density at radius 3 is 2.25 bits per heavy atom. The number of aromatic nitrogens is 1. The Hall–Kier alpha value is -4.12. The second kappa shape index (κ2) is 18.1. The van der Waals surface area contributed by atoms with E-state index in [2.05, 4.69) is 53.7 Å². The van der Waals surface area contributed by atoms with E-state index in [0.29, 0.717) is 5.75 Å². The first-order chi connectivity index (χ1) is 24.9. The minimum absolute atomic E-state index is 0.0860. The molecule has 3 atom stereocenters. The summed E-state index contributed by atoms with van der Waals surface area (Å²) in [5, 5.41) is 1.06. The predicted molar refractivity (Wildman–Crippen MR) is 218 cm³/mol. The Kier molecular flexibility index (Phi) is 13.6. The molecule has 4 aromatic rings. The van der Waals surface area contributed by atoms with Gasteiger partial charge in [-0.15, -0.1) is 0 Å². The van der Waals surface area contributed by atoms with E-state index in [-0.39, 0.29) is 18.1 Å². The van der Waals surface area contributed by atoms with Gasteiger partial charge in [0, 0.05) is 29.3 Å². The van der Waals surface area contributed by atoms with Gasteiger partial charge >= 0.3 is 5.97 Å². The molecule has 1 aliphatic heterocycles. The molecule has 3 unspecified atom stereocenters. The number of nitrogen functional groups attached to an aromatic ring is 1. The normalized spacial score (nSPS) is 16.9. The summed E-state index contributed by atoms with van der Waals surface area (Å²) in [5.74, 6) is 3.72. The summed E-state index contributed by atoms with van der Waals surface area (Å²) in [6.45, 7) is 16.0. The summed E-state index contributed by atoms with van der Waals surface area (Å²) in [6, 6.07) is 22.0. The molecule has 0 spiro atoms. The Morgan fingerprint density at radius 1 is 0.865 bits per heavy atom.